The Morgan fingerprint density at radius 1 is 1.42 bits per heavy atom. The Morgan fingerprint density at radius 3 is 2.74 bits per heavy atom. The maximum atomic E-state index is 10.8. The van der Waals surface area contributed by atoms with Gasteiger partial charge in [-0.3, -0.25) is 4.90 Å². The fourth-order valence-electron chi connectivity index (χ4n) is 1.71. The van der Waals surface area contributed by atoms with Crippen LogP contribution in [0.15, 0.2) is 22.9 Å². The lowest BCUT2D eigenvalue weighted by Crippen LogP contribution is -2.29. The van der Waals surface area contributed by atoms with Crippen LogP contribution >= 0.6 is 22.7 Å². The average Bonchev–Trinajstić information content (AvgIpc) is 2.98. The van der Waals surface area contributed by atoms with Gasteiger partial charge in [-0.1, -0.05) is 6.07 Å². The maximum Gasteiger partial charge on any atom is 0.365 e. The number of aromatic nitrogens is 1. The van der Waals surface area contributed by atoms with Crippen molar-refractivity contribution in [3.8, 4) is 0 Å². The SMILES string of the molecule is CC(C)N(Cc1csc(C(=O)O)n1)Cc1cccs1. The molecule has 19 heavy (non-hydrogen) atoms. The molecule has 2 aromatic rings. The highest BCUT2D eigenvalue weighted by atomic mass is 32.1. The van der Waals surface area contributed by atoms with E-state index in [0.29, 0.717) is 12.6 Å². The zero-order valence-corrected chi connectivity index (χ0v) is 12.5. The number of carbonyl (C=O) groups is 1. The molecule has 4 nitrogen and oxygen atoms in total. The van der Waals surface area contributed by atoms with Gasteiger partial charge in [-0.15, -0.1) is 22.7 Å². The molecule has 2 aromatic heterocycles. The molecule has 0 bridgehead atoms. The second-order valence-electron chi connectivity index (χ2n) is 4.53. The van der Waals surface area contributed by atoms with Crippen LogP contribution in [0.4, 0.5) is 0 Å². The van der Waals surface area contributed by atoms with Gasteiger partial charge < -0.3 is 5.11 Å². The zero-order valence-electron chi connectivity index (χ0n) is 10.9. The van der Waals surface area contributed by atoms with Gasteiger partial charge in [0.1, 0.15) is 0 Å². The van der Waals surface area contributed by atoms with Crippen molar-refractivity contribution in [2.75, 3.05) is 0 Å². The van der Waals surface area contributed by atoms with Crippen molar-refractivity contribution in [2.24, 2.45) is 0 Å². The van der Waals surface area contributed by atoms with E-state index in [4.69, 9.17) is 5.11 Å². The molecule has 0 aliphatic rings. The van der Waals surface area contributed by atoms with E-state index in [2.05, 4.69) is 35.2 Å². The summed E-state index contributed by atoms with van der Waals surface area (Å²) in [6, 6.07) is 4.55. The fourth-order valence-corrected chi connectivity index (χ4v) is 3.08. The largest absolute Gasteiger partial charge is 0.476 e. The van der Waals surface area contributed by atoms with Crippen LogP contribution < -0.4 is 0 Å². The van der Waals surface area contributed by atoms with E-state index in [1.165, 1.54) is 16.2 Å². The predicted octanol–water partition coefficient (Wildman–Crippen LogP) is 3.31. The summed E-state index contributed by atoms with van der Waals surface area (Å²) in [6.45, 7) is 5.82. The minimum Gasteiger partial charge on any atom is -0.476 e. The Bertz CT molecular complexity index is 535. The number of nitrogens with zero attached hydrogens (tertiary/aromatic N) is 2. The number of carboxylic acid groups (broad SMARTS) is 1. The highest BCUT2D eigenvalue weighted by Gasteiger charge is 2.15. The first-order valence-corrected chi connectivity index (χ1v) is 7.76. The van der Waals surface area contributed by atoms with Crippen molar-refractivity contribution in [1.29, 1.82) is 0 Å². The molecule has 1 N–H and O–H groups in total. The van der Waals surface area contributed by atoms with Gasteiger partial charge in [0.05, 0.1) is 5.69 Å². The lowest BCUT2D eigenvalue weighted by atomic mass is 10.2. The number of thiophene rings is 1. The van der Waals surface area contributed by atoms with Gasteiger partial charge in [0.25, 0.3) is 0 Å². The number of thiazole rings is 1. The summed E-state index contributed by atoms with van der Waals surface area (Å²) in [4.78, 5) is 18.6. The smallest absolute Gasteiger partial charge is 0.365 e. The Morgan fingerprint density at radius 2 is 2.21 bits per heavy atom. The van der Waals surface area contributed by atoms with Crippen LogP contribution in [0, 0.1) is 0 Å². The molecule has 2 rings (SSSR count). The molecule has 0 amide bonds. The Balaban J connectivity index is 2.05. The molecule has 0 spiro atoms. The van der Waals surface area contributed by atoms with E-state index in [-0.39, 0.29) is 5.01 Å². The van der Waals surface area contributed by atoms with Gasteiger partial charge in [-0.25, -0.2) is 9.78 Å². The molecule has 0 fully saturated rings. The van der Waals surface area contributed by atoms with E-state index in [0.717, 1.165) is 12.2 Å². The zero-order chi connectivity index (χ0) is 13.8. The molecule has 6 heteroatoms. The molecule has 0 saturated heterocycles. The number of hydrogen-bond donors (Lipinski definition) is 1. The molecule has 0 saturated carbocycles. The summed E-state index contributed by atoms with van der Waals surface area (Å²) in [5, 5.41) is 12.9. The molecule has 0 radical (unpaired) electrons. The van der Waals surface area contributed by atoms with Crippen LogP contribution in [0.2, 0.25) is 0 Å². The van der Waals surface area contributed by atoms with Crippen LogP contribution in [-0.4, -0.2) is 27.0 Å². The van der Waals surface area contributed by atoms with E-state index in [1.54, 1.807) is 11.3 Å². The first-order valence-electron chi connectivity index (χ1n) is 6.00. The second kappa shape index (κ2) is 6.27. The second-order valence-corrected chi connectivity index (χ2v) is 6.42. The van der Waals surface area contributed by atoms with Crippen molar-refractivity contribution in [1.82, 2.24) is 9.88 Å². The van der Waals surface area contributed by atoms with E-state index < -0.39 is 5.97 Å². The van der Waals surface area contributed by atoms with Gasteiger partial charge in [-0.2, -0.15) is 0 Å². The fraction of sp³-hybridized carbons (Fsp3) is 0.385. The summed E-state index contributed by atoms with van der Waals surface area (Å²) in [5.74, 6) is -0.953. The number of carboxylic acids is 1. The van der Waals surface area contributed by atoms with E-state index in [1.807, 2.05) is 11.4 Å². The van der Waals surface area contributed by atoms with Crippen LogP contribution in [-0.2, 0) is 13.1 Å². The van der Waals surface area contributed by atoms with Gasteiger partial charge in [0, 0.05) is 29.4 Å². The summed E-state index contributed by atoms with van der Waals surface area (Å²) < 4.78 is 0. The van der Waals surface area contributed by atoms with Crippen LogP contribution in [0.5, 0.6) is 0 Å². The van der Waals surface area contributed by atoms with Gasteiger partial charge in [0.15, 0.2) is 0 Å². The van der Waals surface area contributed by atoms with E-state index >= 15 is 0 Å². The number of hydrogen-bond acceptors (Lipinski definition) is 5. The first-order chi connectivity index (χ1) is 9.06. The maximum absolute atomic E-state index is 10.8. The number of rotatable bonds is 6. The molecule has 0 unspecified atom stereocenters. The Kier molecular flexibility index (Phi) is 4.68. The minimum absolute atomic E-state index is 0.162. The third-order valence-electron chi connectivity index (χ3n) is 2.77. The predicted molar refractivity (Wildman–Crippen MR) is 77.8 cm³/mol. The van der Waals surface area contributed by atoms with Crippen molar-refractivity contribution >= 4 is 28.6 Å². The first kappa shape index (κ1) is 14.2. The topological polar surface area (TPSA) is 53.4 Å². The normalized spacial score (nSPS) is 11.4. The molecule has 102 valence electrons. The summed E-state index contributed by atoms with van der Waals surface area (Å²) in [5.41, 5.74) is 0.827. The molecule has 0 aliphatic heterocycles. The number of aromatic carboxylic acids is 1. The van der Waals surface area contributed by atoms with Crippen LogP contribution in [0.3, 0.4) is 0 Å². The highest BCUT2D eigenvalue weighted by molar-refractivity contribution is 7.11. The average molecular weight is 296 g/mol. The standard InChI is InChI=1S/C13H16N2O2S2/c1-9(2)15(7-11-4-3-5-18-11)6-10-8-19-12(14-10)13(16)17/h3-5,8-9H,6-7H2,1-2H3,(H,16,17). The van der Waals surface area contributed by atoms with Gasteiger partial charge in [0.2, 0.25) is 5.01 Å². The molecule has 2 heterocycles. The molecule has 0 aliphatic carbocycles. The highest BCUT2D eigenvalue weighted by Crippen LogP contribution is 2.18. The van der Waals surface area contributed by atoms with Crippen LogP contribution in [0.25, 0.3) is 0 Å². The summed E-state index contributed by atoms with van der Waals surface area (Å²) >= 11 is 2.92. The van der Waals surface area contributed by atoms with Crippen molar-refractivity contribution in [3.63, 3.8) is 0 Å². The van der Waals surface area contributed by atoms with Crippen LogP contribution in [0.1, 0.15) is 34.2 Å². The van der Waals surface area contributed by atoms with Gasteiger partial charge >= 0.3 is 5.97 Å². The quantitative estimate of drug-likeness (QED) is 0.888. The molecular weight excluding hydrogens is 280 g/mol. The lowest BCUT2D eigenvalue weighted by molar-refractivity contribution is 0.0696. The lowest BCUT2D eigenvalue weighted by Gasteiger charge is -2.24. The Labute approximate surface area is 120 Å². The Hall–Kier alpha value is -1.24. The van der Waals surface area contributed by atoms with Crippen molar-refractivity contribution in [3.05, 3.63) is 38.5 Å². The van der Waals surface area contributed by atoms with Crippen molar-refractivity contribution in [2.45, 2.75) is 33.0 Å². The van der Waals surface area contributed by atoms with E-state index in [9.17, 15) is 4.79 Å². The minimum atomic E-state index is -0.953. The summed E-state index contributed by atoms with van der Waals surface area (Å²) in [6.07, 6.45) is 0. The van der Waals surface area contributed by atoms with Crippen molar-refractivity contribution < 1.29 is 9.90 Å². The summed E-state index contributed by atoms with van der Waals surface area (Å²) in [7, 11) is 0. The molecular formula is C13H16N2O2S2. The molecule has 0 atom stereocenters. The third-order valence-corrected chi connectivity index (χ3v) is 4.51. The molecule has 0 aromatic carbocycles. The monoisotopic (exact) mass is 296 g/mol. The van der Waals surface area contributed by atoms with Gasteiger partial charge in [-0.05, 0) is 25.3 Å². The third kappa shape index (κ3) is 3.86.